The zero-order chi connectivity index (χ0) is 29.0. The first-order valence-electron chi connectivity index (χ1n) is 13.8. The second-order valence-corrected chi connectivity index (χ2v) is 12.5. The Hall–Kier alpha value is -3.66. The number of hydrogen-bond donors (Lipinski definition) is 1. The fourth-order valence-electron chi connectivity index (χ4n) is 5.38. The summed E-state index contributed by atoms with van der Waals surface area (Å²) in [6.45, 7) is 2.43. The topological polar surface area (TPSA) is 94.2 Å². The maximum Gasteiger partial charge on any atom is 0.251 e. The lowest BCUT2D eigenvalue weighted by Crippen LogP contribution is -2.36. The first-order valence-corrected chi connectivity index (χ1v) is 15.4. The van der Waals surface area contributed by atoms with Crippen LogP contribution in [-0.2, 0) is 25.9 Å². The van der Waals surface area contributed by atoms with Gasteiger partial charge in [-0.25, -0.2) is 8.42 Å². The van der Waals surface area contributed by atoms with Gasteiger partial charge in [0, 0.05) is 37.1 Å². The number of nitrogens with zero attached hydrogens (tertiary/aromatic N) is 1. The summed E-state index contributed by atoms with van der Waals surface area (Å²) in [5.41, 5.74) is 4.38. The zero-order valence-corrected chi connectivity index (χ0v) is 24.5. The van der Waals surface area contributed by atoms with E-state index < -0.39 is 9.84 Å². The number of sulfone groups is 1. The van der Waals surface area contributed by atoms with Crippen LogP contribution < -0.4 is 14.8 Å². The molecule has 216 valence electrons. The summed E-state index contributed by atoms with van der Waals surface area (Å²) in [4.78, 5) is 15.9. The van der Waals surface area contributed by atoms with E-state index in [9.17, 15) is 13.2 Å². The lowest BCUT2D eigenvalue weighted by molar-refractivity contribution is -0.112. The van der Waals surface area contributed by atoms with E-state index >= 15 is 0 Å². The SMILES string of the molecule is COc1ccc(-c2ccc3c(c2)C=C(C(=O)Nc2ccc(CN(C)C4CCOCC4)cc2)CCS3(=O)=O)cc1OC. The van der Waals surface area contributed by atoms with Crippen LogP contribution in [0.3, 0.4) is 0 Å². The highest BCUT2D eigenvalue weighted by Gasteiger charge is 2.25. The molecule has 2 aliphatic rings. The summed E-state index contributed by atoms with van der Waals surface area (Å²) in [6.07, 6.45) is 3.89. The summed E-state index contributed by atoms with van der Waals surface area (Å²) in [6, 6.07) is 19.0. The second-order valence-electron chi connectivity index (χ2n) is 10.5. The van der Waals surface area contributed by atoms with Crippen molar-refractivity contribution in [1.29, 1.82) is 0 Å². The Morgan fingerprint density at radius 3 is 2.34 bits per heavy atom. The Kier molecular flexibility index (Phi) is 8.77. The Morgan fingerprint density at radius 1 is 0.951 bits per heavy atom. The minimum Gasteiger partial charge on any atom is -0.493 e. The van der Waals surface area contributed by atoms with Crippen molar-refractivity contribution < 1.29 is 27.4 Å². The smallest absolute Gasteiger partial charge is 0.251 e. The Labute approximate surface area is 241 Å². The van der Waals surface area contributed by atoms with Crippen LogP contribution in [0.5, 0.6) is 11.5 Å². The average molecular weight is 577 g/mol. The summed E-state index contributed by atoms with van der Waals surface area (Å²) < 4.78 is 42.4. The quantitative estimate of drug-likeness (QED) is 0.395. The Bertz CT molecular complexity index is 1540. The van der Waals surface area contributed by atoms with Gasteiger partial charge in [0.1, 0.15) is 0 Å². The van der Waals surface area contributed by atoms with Gasteiger partial charge in [0.15, 0.2) is 21.3 Å². The predicted octanol–water partition coefficient (Wildman–Crippen LogP) is 5.18. The van der Waals surface area contributed by atoms with Gasteiger partial charge in [0.2, 0.25) is 0 Å². The number of methoxy groups -OCH3 is 2. The lowest BCUT2D eigenvalue weighted by Gasteiger charge is -2.31. The van der Waals surface area contributed by atoms with Gasteiger partial charge in [-0.15, -0.1) is 0 Å². The molecule has 9 heteroatoms. The molecule has 41 heavy (non-hydrogen) atoms. The molecule has 1 N–H and O–H groups in total. The number of rotatable bonds is 8. The molecule has 2 heterocycles. The Balaban J connectivity index is 1.34. The van der Waals surface area contributed by atoms with Crippen LogP contribution in [0, 0.1) is 0 Å². The van der Waals surface area contributed by atoms with E-state index in [1.807, 2.05) is 36.4 Å². The molecule has 0 spiro atoms. The summed E-state index contributed by atoms with van der Waals surface area (Å²) in [7, 11) is 1.72. The maximum absolute atomic E-state index is 13.3. The van der Waals surface area contributed by atoms with Crippen LogP contribution in [0.25, 0.3) is 17.2 Å². The standard InChI is InChI=1S/C32H36N2O6S/c1-34(28-12-15-40-16-13-28)21-22-4-8-27(9-5-22)33-32(35)25-14-17-41(36,37)31-11-7-23(18-26(31)19-25)24-6-10-29(38-2)30(20-24)39-3/h4-11,18-20,28H,12-17,21H2,1-3H3,(H,33,35). The van der Waals surface area contributed by atoms with Crippen molar-refractivity contribution in [3.05, 3.63) is 77.4 Å². The van der Waals surface area contributed by atoms with Gasteiger partial charge >= 0.3 is 0 Å². The highest BCUT2D eigenvalue weighted by Crippen LogP contribution is 2.35. The normalized spacial score (nSPS) is 16.8. The average Bonchev–Trinajstić information content (AvgIpc) is 3.13. The molecule has 2 aliphatic heterocycles. The summed E-state index contributed by atoms with van der Waals surface area (Å²) in [5.74, 6) is 0.736. The number of fused-ring (bicyclic) bond motifs is 1. The van der Waals surface area contributed by atoms with Crippen molar-refractivity contribution in [2.75, 3.05) is 45.6 Å². The molecule has 8 nitrogen and oxygen atoms in total. The highest BCUT2D eigenvalue weighted by atomic mass is 32.2. The van der Waals surface area contributed by atoms with Crippen LogP contribution in [0.1, 0.15) is 30.4 Å². The van der Waals surface area contributed by atoms with E-state index in [1.165, 1.54) is 0 Å². The molecule has 0 aromatic heterocycles. The molecular formula is C32H36N2O6S. The number of ether oxygens (including phenoxy) is 3. The van der Waals surface area contributed by atoms with Crippen LogP contribution >= 0.6 is 0 Å². The van der Waals surface area contributed by atoms with Crippen LogP contribution in [0.2, 0.25) is 0 Å². The fraction of sp³-hybridized carbons (Fsp3) is 0.344. The van der Waals surface area contributed by atoms with Crippen molar-refractivity contribution in [2.45, 2.75) is 36.7 Å². The van der Waals surface area contributed by atoms with Gasteiger partial charge in [-0.2, -0.15) is 0 Å². The van der Waals surface area contributed by atoms with Gasteiger partial charge in [0.05, 0.1) is 24.9 Å². The van der Waals surface area contributed by atoms with Crippen molar-refractivity contribution in [2.24, 2.45) is 0 Å². The maximum atomic E-state index is 13.3. The second kappa shape index (κ2) is 12.5. The predicted molar refractivity (Wildman–Crippen MR) is 160 cm³/mol. The molecule has 0 saturated carbocycles. The highest BCUT2D eigenvalue weighted by molar-refractivity contribution is 7.91. The van der Waals surface area contributed by atoms with E-state index in [1.54, 1.807) is 44.6 Å². The van der Waals surface area contributed by atoms with Crippen molar-refractivity contribution in [3.63, 3.8) is 0 Å². The third-order valence-electron chi connectivity index (χ3n) is 7.78. The molecule has 0 bridgehead atoms. The number of hydrogen-bond acceptors (Lipinski definition) is 7. The zero-order valence-electron chi connectivity index (χ0n) is 23.7. The molecule has 5 rings (SSSR count). The van der Waals surface area contributed by atoms with Crippen molar-refractivity contribution >= 4 is 27.5 Å². The van der Waals surface area contributed by atoms with Crippen LogP contribution in [0.15, 0.2) is 71.1 Å². The lowest BCUT2D eigenvalue weighted by atomic mass is 10.0. The minimum absolute atomic E-state index is 0.127. The largest absolute Gasteiger partial charge is 0.493 e. The van der Waals surface area contributed by atoms with Gasteiger partial charge in [-0.3, -0.25) is 9.69 Å². The van der Waals surface area contributed by atoms with E-state index in [-0.39, 0.29) is 23.0 Å². The van der Waals surface area contributed by atoms with Crippen molar-refractivity contribution in [1.82, 2.24) is 4.90 Å². The number of amides is 1. The molecule has 1 amide bonds. The molecule has 3 aromatic carbocycles. The summed E-state index contributed by atoms with van der Waals surface area (Å²) in [5, 5.41) is 2.95. The van der Waals surface area contributed by atoms with E-state index in [2.05, 4.69) is 17.3 Å². The van der Waals surface area contributed by atoms with Gasteiger partial charge in [0.25, 0.3) is 5.91 Å². The summed E-state index contributed by atoms with van der Waals surface area (Å²) >= 11 is 0. The molecule has 0 aliphatic carbocycles. The molecule has 1 saturated heterocycles. The van der Waals surface area contributed by atoms with E-state index in [0.29, 0.717) is 34.4 Å². The molecule has 0 atom stereocenters. The number of carbonyl (C=O) groups excluding carboxylic acids is 1. The fourth-order valence-corrected chi connectivity index (χ4v) is 6.84. The van der Waals surface area contributed by atoms with Crippen LogP contribution in [-0.4, -0.2) is 65.5 Å². The first-order chi connectivity index (χ1) is 19.8. The third kappa shape index (κ3) is 6.64. The third-order valence-corrected chi connectivity index (χ3v) is 9.56. The molecule has 0 unspecified atom stereocenters. The molecule has 3 aromatic rings. The number of benzene rings is 3. The van der Waals surface area contributed by atoms with Crippen LogP contribution in [0.4, 0.5) is 5.69 Å². The molecule has 0 radical (unpaired) electrons. The van der Waals surface area contributed by atoms with E-state index in [0.717, 1.165) is 49.3 Å². The monoisotopic (exact) mass is 576 g/mol. The molecular weight excluding hydrogens is 540 g/mol. The first kappa shape index (κ1) is 28.9. The number of nitrogens with one attached hydrogen (secondary N) is 1. The molecule has 1 fully saturated rings. The van der Waals surface area contributed by atoms with Crippen molar-refractivity contribution in [3.8, 4) is 22.6 Å². The van der Waals surface area contributed by atoms with Gasteiger partial charge in [-0.05, 0) is 91.0 Å². The minimum atomic E-state index is -3.56. The Morgan fingerprint density at radius 2 is 1.63 bits per heavy atom. The van der Waals surface area contributed by atoms with Gasteiger partial charge < -0.3 is 19.5 Å². The van der Waals surface area contributed by atoms with E-state index in [4.69, 9.17) is 14.2 Å². The van der Waals surface area contributed by atoms with Gasteiger partial charge in [-0.1, -0.05) is 24.3 Å². The number of carbonyl (C=O) groups is 1. The number of anilines is 1.